The minimum absolute atomic E-state index is 0.0494. The molecule has 0 bridgehead atoms. The van der Waals surface area contributed by atoms with Crippen LogP contribution >= 0.6 is 11.8 Å². The zero-order chi connectivity index (χ0) is 19.6. The molecule has 0 unspecified atom stereocenters. The van der Waals surface area contributed by atoms with Crippen molar-refractivity contribution in [2.24, 2.45) is 0 Å². The third-order valence-corrected chi connectivity index (χ3v) is 7.05. The normalized spacial score (nSPS) is 15.7. The largest absolute Gasteiger partial charge is 0.336 e. The Hall–Kier alpha value is -1.97. The highest BCUT2D eigenvalue weighted by Crippen LogP contribution is 2.22. The van der Waals surface area contributed by atoms with Gasteiger partial charge in [0.15, 0.2) is 0 Å². The lowest BCUT2D eigenvalue weighted by Crippen LogP contribution is -2.50. The number of benzene rings is 2. The van der Waals surface area contributed by atoms with E-state index in [0.29, 0.717) is 11.6 Å². The maximum atomic E-state index is 13.9. The summed E-state index contributed by atoms with van der Waals surface area (Å²) >= 11 is 1.58. The molecular formula is C18H18F2N2O3S2. The molecule has 0 aliphatic carbocycles. The van der Waals surface area contributed by atoms with Crippen molar-refractivity contribution in [2.75, 3.05) is 32.4 Å². The molecule has 0 spiro atoms. The minimum Gasteiger partial charge on any atom is -0.336 e. The van der Waals surface area contributed by atoms with Gasteiger partial charge in [0.05, 0.1) is 0 Å². The summed E-state index contributed by atoms with van der Waals surface area (Å²) in [4.78, 5) is 14.6. The highest BCUT2D eigenvalue weighted by molar-refractivity contribution is 7.98. The number of amides is 1. The lowest BCUT2D eigenvalue weighted by Gasteiger charge is -2.34. The van der Waals surface area contributed by atoms with E-state index in [1.165, 1.54) is 0 Å². The number of nitrogens with zero attached hydrogens (tertiary/aromatic N) is 2. The Kier molecular flexibility index (Phi) is 5.83. The Bertz CT molecular complexity index is 942. The van der Waals surface area contributed by atoms with Crippen LogP contribution < -0.4 is 0 Å². The maximum absolute atomic E-state index is 13.9. The number of carbonyl (C=O) groups excluding carboxylic acids is 1. The fourth-order valence-electron chi connectivity index (χ4n) is 2.87. The molecular weight excluding hydrogens is 394 g/mol. The lowest BCUT2D eigenvalue weighted by molar-refractivity contribution is 0.0697. The molecule has 2 aromatic carbocycles. The number of carbonyl (C=O) groups is 1. The molecule has 9 heteroatoms. The standard InChI is InChI=1S/C18H18F2N2O3S2/c1-26-15-5-2-13(3-6-15)18(23)21-8-10-22(11-9-21)27(24,25)17-7-4-14(19)12-16(17)20/h2-7,12H,8-11H2,1H3. The maximum Gasteiger partial charge on any atom is 0.253 e. The second-order valence-corrected chi connectivity index (χ2v) is 8.79. The van der Waals surface area contributed by atoms with E-state index in [2.05, 4.69) is 0 Å². The summed E-state index contributed by atoms with van der Waals surface area (Å²) in [7, 11) is -4.08. The minimum atomic E-state index is -4.08. The molecule has 0 atom stereocenters. The van der Waals surface area contributed by atoms with Gasteiger partial charge in [0.1, 0.15) is 16.5 Å². The second kappa shape index (κ2) is 7.95. The lowest BCUT2D eigenvalue weighted by atomic mass is 10.2. The quantitative estimate of drug-likeness (QED) is 0.725. The molecule has 1 aliphatic heterocycles. The van der Waals surface area contributed by atoms with Gasteiger partial charge in [0, 0.05) is 42.7 Å². The molecule has 3 rings (SSSR count). The number of rotatable bonds is 4. The van der Waals surface area contributed by atoms with Crippen LogP contribution in [0.15, 0.2) is 52.3 Å². The fraction of sp³-hybridized carbons (Fsp3) is 0.278. The molecule has 1 fully saturated rings. The molecule has 27 heavy (non-hydrogen) atoms. The first kappa shape index (κ1) is 19.8. The van der Waals surface area contributed by atoms with Crippen molar-refractivity contribution in [3.63, 3.8) is 0 Å². The zero-order valence-corrected chi connectivity index (χ0v) is 16.2. The van der Waals surface area contributed by atoms with Crippen molar-refractivity contribution in [1.29, 1.82) is 0 Å². The van der Waals surface area contributed by atoms with E-state index < -0.39 is 26.6 Å². The first-order chi connectivity index (χ1) is 12.8. The van der Waals surface area contributed by atoms with Gasteiger partial charge >= 0.3 is 0 Å². The van der Waals surface area contributed by atoms with Crippen LogP contribution in [-0.4, -0.2) is 56.0 Å². The molecule has 1 heterocycles. The van der Waals surface area contributed by atoms with Gasteiger partial charge in [-0.2, -0.15) is 4.31 Å². The molecule has 1 aliphatic rings. The zero-order valence-electron chi connectivity index (χ0n) is 14.6. The number of sulfonamides is 1. The van der Waals surface area contributed by atoms with Crippen LogP contribution in [-0.2, 0) is 10.0 Å². The first-order valence-corrected chi connectivity index (χ1v) is 10.9. The van der Waals surface area contributed by atoms with Crippen LogP contribution in [0.1, 0.15) is 10.4 Å². The Morgan fingerprint density at radius 1 is 1.00 bits per heavy atom. The van der Waals surface area contributed by atoms with Crippen LogP contribution in [0.2, 0.25) is 0 Å². The van der Waals surface area contributed by atoms with Gasteiger partial charge in [0.25, 0.3) is 5.91 Å². The average Bonchev–Trinajstić information content (AvgIpc) is 2.67. The molecule has 0 N–H and O–H groups in total. The van der Waals surface area contributed by atoms with Crippen molar-refractivity contribution in [1.82, 2.24) is 9.21 Å². The van der Waals surface area contributed by atoms with Crippen molar-refractivity contribution in [3.05, 3.63) is 59.7 Å². The van der Waals surface area contributed by atoms with Crippen LogP contribution in [0.3, 0.4) is 0 Å². The summed E-state index contributed by atoms with van der Waals surface area (Å²) in [5, 5.41) is 0. The van der Waals surface area contributed by atoms with E-state index in [1.807, 2.05) is 18.4 Å². The number of halogens is 2. The Morgan fingerprint density at radius 3 is 2.19 bits per heavy atom. The number of hydrogen-bond acceptors (Lipinski definition) is 4. The van der Waals surface area contributed by atoms with Gasteiger partial charge in [-0.15, -0.1) is 11.8 Å². The van der Waals surface area contributed by atoms with Crippen molar-refractivity contribution < 1.29 is 22.0 Å². The van der Waals surface area contributed by atoms with Gasteiger partial charge in [-0.3, -0.25) is 4.79 Å². The third kappa shape index (κ3) is 4.15. The number of piperazine rings is 1. The molecule has 5 nitrogen and oxygen atoms in total. The van der Waals surface area contributed by atoms with E-state index in [1.54, 1.807) is 28.8 Å². The highest BCUT2D eigenvalue weighted by atomic mass is 32.2. The molecule has 144 valence electrons. The van der Waals surface area contributed by atoms with E-state index in [0.717, 1.165) is 21.3 Å². The molecule has 2 aromatic rings. The molecule has 0 saturated carbocycles. The topological polar surface area (TPSA) is 57.7 Å². The van der Waals surface area contributed by atoms with E-state index in [4.69, 9.17) is 0 Å². The van der Waals surface area contributed by atoms with Crippen LogP contribution in [0, 0.1) is 11.6 Å². The van der Waals surface area contributed by atoms with Gasteiger partial charge in [-0.25, -0.2) is 17.2 Å². The summed E-state index contributed by atoms with van der Waals surface area (Å²) in [5.74, 6) is -2.13. The summed E-state index contributed by atoms with van der Waals surface area (Å²) < 4.78 is 53.2. The number of thioether (sulfide) groups is 1. The van der Waals surface area contributed by atoms with Gasteiger partial charge < -0.3 is 4.90 Å². The SMILES string of the molecule is CSc1ccc(C(=O)N2CCN(S(=O)(=O)c3ccc(F)cc3F)CC2)cc1. The number of hydrogen-bond donors (Lipinski definition) is 0. The molecule has 0 radical (unpaired) electrons. The highest BCUT2D eigenvalue weighted by Gasteiger charge is 2.32. The Balaban J connectivity index is 1.69. The Morgan fingerprint density at radius 2 is 1.63 bits per heavy atom. The van der Waals surface area contributed by atoms with E-state index in [-0.39, 0.29) is 32.1 Å². The van der Waals surface area contributed by atoms with Crippen molar-refractivity contribution in [3.8, 4) is 0 Å². The van der Waals surface area contributed by atoms with Gasteiger partial charge in [-0.05, 0) is 42.7 Å². The summed E-state index contributed by atoms with van der Waals surface area (Å²) in [5.41, 5.74) is 0.536. The predicted molar refractivity (Wildman–Crippen MR) is 99.2 cm³/mol. The van der Waals surface area contributed by atoms with Crippen LogP contribution in [0.5, 0.6) is 0 Å². The summed E-state index contributed by atoms with van der Waals surface area (Å²) in [6, 6.07) is 9.58. The second-order valence-electron chi connectivity index (χ2n) is 6.00. The smallest absolute Gasteiger partial charge is 0.253 e. The van der Waals surface area contributed by atoms with Crippen molar-refractivity contribution >= 4 is 27.7 Å². The molecule has 1 amide bonds. The van der Waals surface area contributed by atoms with Gasteiger partial charge in [-0.1, -0.05) is 0 Å². The summed E-state index contributed by atoms with van der Waals surface area (Å²) in [6.07, 6.45) is 1.94. The summed E-state index contributed by atoms with van der Waals surface area (Å²) in [6.45, 7) is 0.498. The molecule has 0 aromatic heterocycles. The van der Waals surface area contributed by atoms with Crippen molar-refractivity contribution in [2.45, 2.75) is 9.79 Å². The van der Waals surface area contributed by atoms with Crippen LogP contribution in [0.4, 0.5) is 8.78 Å². The average molecular weight is 412 g/mol. The molecule has 1 saturated heterocycles. The third-order valence-electron chi connectivity index (χ3n) is 4.37. The van der Waals surface area contributed by atoms with E-state index in [9.17, 15) is 22.0 Å². The Labute approximate surface area is 161 Å². The monoisotopic (exact) mass is 412 g/mol. The predicted octanol–water partition coefficient (Wildman–Crippen LogP) is 2.83. The van der Waals surface area contributed by atoms with Crippen LogP contribution in [0.25, 0.3) is 0 Å². The van der Waals surface area contributed by atoms with E-state index >= 15 is 0 Å². The van der Waals surface area contributed by atoms with Gasteiger partial charge in [0.2, 0.25) is 10.0 Å². The first-order valence-electron chi connectivity index (χ1n) is 8.21. The fourth-order valence-corrected chi connectivity index (χ4v) is 4.75.